The van der Waals surface area contributed by atoms with Gasteiger partial charge in [-0.05, 0) is 78.7 Å². The third-order valence-electron chi connectivity index (χ3n) is 5.50. The topological polar surface area (TPSA) is 67.4 Å². The van der Waals surface area contributed by atoms with Crippen LogP contribution >= 0.6 is 11.8 Å². The molecule has 0 unspecified atom stereocenters. The molecule has 0 saturated carbocycles. The molecular formula is C31H27FN2O3S. The first-order chi connectivity index (χ1) is 18.5. The van der Waals surface area contributed by atoms with Crippen LogP contribution < -0.4 is 15.4 Å². The first-order valence-electron chi connectivity index (χ1n) is 12.1. The van der Waals surface area contributed by atoms with Crippen LogP contribution in [0.3, 0.4) is 0 Å². The highest BCUT2D eigenvalue weighted by atomic mass is 32.2. The number of hydrogen-bond donors (Lipinski definition) is 2. The van der Waals surface area contributed by atoms with Crippen LogP contribution in [0.5, 0.6) is 5.75 Å². The first kappa shape index (κ1) is 26.7. The summed E-state index contributed by atoms with van der Waals surface area (Å²) in [6, 6.07) is 29.9. The lowest BCUT2D eigenvalue weighted by atomic mass is 10.1. The van der Waals surface area contributed by atoms with Crippen molar-refractivity contribution in [1.29, 1.82) is 0 Å². The van der Waals surface area contributed by atoms with Crippen molar-refractivity contribution in [1.82, 2.24) is 5.32 Å². The summed E-state index contributed by atoms with van der Waals surface area (Å²) in [4.78, 5) is 27.0. The van der Waals surface area contributed by atoms with Crippen LogP contribution in [-0.2, 0) is 10.5 Å². The van der Waals surface area contributed by atoms with Crippen LogP contribution in [0.25, 0.3) is 6.08 Å². The van der Waals surface area contributed by atoms with E-state index in [9.17, 15) is 14.0 Å². The fraction of sp³-hybridized carbons (Fsp3) is 0.0968. The van der Waals surface area contributed by atoms with Gasteiger partial charge in [0.05, 0.1) is 6.61 Å². The molecule has 0 spiro atoms. The predicted octanol–water partition coefficient (Wildman–Crippen LogP) is 6.93. The zero-order chi connectivity index (χ0) is 26.7. The third kappa shape index (κ3) is 7.57. The molecule has 2 amide bonds. The number of hydrogen-bond acceptors (Lipinski definition) is 4. The summed E-state index contributed by atoms with van der Waals surface area (Å²) in [6.45, 7) is 2.46. The molecule has 0 saturated heterocycles. The molecular weight excluding hydrogens is 499 g/mol. The number of carbonyl (C=O) groups excluding carboxylic acids is 2. The number of anilines is 1. The summed E-state index contributed by atoms with van der Waals surface area (Å²) in [6.07, 6.45) is 1.62. The van der Waals surface area contributed by atoms with Gasteiger partial charge in [-0.2, -0.15) is 0 Å². The van der Waals surface area contributed by atoms with Crippen molar-refractivity contribution < 1.29 is 18.7 Å². The molecule has 2 N–H and O–H groups in total. The molecule has 0 radical (unpaired) electrons. The fourth-order valence-electron chi connectivity index (χ4n) is 3.55. The molecule has 0 atom stereocenters. The Morgan fingerprint density at radius 3 is 2.24 bits per heavy atom. The van der Waals surface area contributed by atoms with Crippen molar-refractivity contribution in [3.05, 3.63) is 131 Å². The number of thioether (sulfide) groups is 1. The van der Waals surface area contributed by atoms with Gasteiger partial charge in [-0.25, -0.2) is 4.39 Å². The molecule has 7 heteroatoms. The molecule has 4 aromatic rings. The van der Waals surface area contributed by atoms with Crippen LogP contribution in [0.4, 0.5) is 10.1 Å². The Balaban J connectivity index is 1.48. The van der Waals surface area contributed by atoms with Gasteiger partial charge in [-0.1, -0.05) is 48.5 Å². The Hall–Kier alpha value is -4.36. The number of amides is 2. The summed E-state index contributed by atoms with van der Waals surface area (Å²) in [7, 11) is 0. The molecule has 0 heterocycles. The number of ether oxygens (including phenoxy) is 1. The summed E-state index contributed by atoms with van der Waals surface area (Å²) in [5, 5.41) is 5.58. The van der Waals surface area contributed by atoms with Gasteiger partial charge < -0.3 is 15.4 Å². The number of halogens is 1. The van der Waals surface area contributed by atoms with Crippen molar-refractivity contribution in [2.75, 3.05) is 11.9 Å². The zero-order valence-corrected chi connectivity index (χ0v) is 21.6. The van der Waals surface area contributed by atoms with Crippen molar-refractivity contribution in [2.24, 2.45) is 0 Å². The van der Waals surface area contributed by atoms with E-state index in [-0.39, 0.29) is 11.5 Å². The summed E-state index contributed by atoms with van der Waals surface area (Å²) >= 11 is 1.50. The molecule has 38 heavy (non-hydrogen) atoms. The van der Waals surface area contributed by atoms with Gasteiger partial charge in [-0.3, -0.25) is 9.59 Å². The van der Waals surface area contributed by atoms with E-state index in [0.29, 0.717) is 29.2 Å². The van der Waals surface area contributed by atoms with Gasteiger partial charge in [0.15, 0.2) is 0 Å². The van der Waals surface area contributed by atoms with Crippen LogP contribution in [-0.4, -0.2) is 18.4 Å². The second kappa shape index (κ2) is 13.3. The van der Waals surface area contributed by atoms with E-state index in [0.717, 1.165) is 16.2 Å². The van der Waals surface area contributed by atoms with Gasteiger partial charge in [0.25, 0.3) is 11.8 Å². The average molecular weight is 527 g/mol. The average Bonchev–Trinajstić information content (AvgIpc) is 2.94. The van der Waals surface area contributed by atoms with Gasteiger partial charge >= 0.3 is 0 Å². The van der Waals surface area contributed by atoms with Gasteiger partial charge in [0.1, 0.15) is 17.3 Å². The maximum atomic E-state index is 13.9. The second-order valence-corrected chi connectivity index (χ2v) is 9.29. The van der Waals surface area contributed by atoms with Gasteiger partial charge in [0.2, 0.25) is 0 Å². The standard InChI is InChI=1S/C31H27FN2O3S/c1-2-37-26-16-12-22(13-17-26)20-29(34-30(35)23-8-4-3-5-9-23)31(36)33-25-14-18-27(19-15-25)38-21-24-10-6-7-11-28(24)32/h3-20H,2,21H2,1H3,(H,33,36)(H,34,35)/b29-20-. The van der Waals surface area contributed by atoms with Crippen LogP contribution in [0.1, 0.15) is 28.4 Å². The van der Waals surface area contributed by atoms with E-state index in [1.165, 1.54) is 17.8 Å². The Kier molecular flexibility index (Phi) is 9.32. The Morgan fingerprint density at radius 1 is 0.868 bits per heavy atom. The number of carbonyl (C=O) groups is 2. The van der Waals surface area contributed by atoms with E-state index in [1.807, 2.05) is 55.5 Å². The molecule has 0 fully saturated rings. The number of nitrogens with one attached hydrogen (secondary N) is 2. The van der Waals surface area contributed by atoms with E-state index in [2.05, 4.69) is 10.6 Å². The Bertz CT molecular complexity index is 1410. The van der Waals surface area contributed by atoms with Crippen molar-refractivity contribution in [3.63, 3.8) is 0 Å². The second-order valence-electron chi connectivity index (χ2n) is 8.24. The lowest BCUT2D eigenvalue weighted by Crippen LogP contribution is -2.30. The Morgan fingerprint density at radius 2 is 1.55 bits per heavy atom. The molecule has 0 aliphatic rings. The lowest BCUT2D eigenvalue weighted by molar-refractivity contribution is -0.113. The monoisotopic (exact) mass is 526 g/mol. The normalized spacial score (nSPS) is 11.1. The minimum absolute atomic E-state index is 0.0982. The quantitative estimate of drug-likeness (QED) is 0.174. The van der Waals surface area contributed by atoms with Crippen molar-refractivity contribution in [3.8, 4) is 5.75 Å². The maximum absolute atomic E-state index is 13.9. The highest BCUT2D eigenvalue weighted by Gasteiger charge is 2.15. The number of benzene rings is 4. The highest BCUT2D eigenvalue weighted by molar-refractivity contribution is 7.98. The Labute approximate surface area is 225 Å². The van der Waals surface area contributed by atoms with E-state index >= 15 is 0 Å². The minimum atomic E-state index is -0.463. The molecule has 0 aromatic heterocycles. The first-order valence-corrected chi connectivity index (χ1v) is 13.1. The van der Waals surface area contributed by atoms with Crippen molar-refractivity contribution in [2.45, 2.75) is 17.6 Å². The van der Waals surface area contributed by atoms with E-state index in [4.69, 9.17) is 4.74 Å². The maximum Gasteiger partial charge on any atom is 0.272 e. The minimum Gasteiger partial charge on any atom is -0.494 e. The van der Waals surface area contributed by atoms with Crippen LogP contribution in [0, 0.1) is 5.82 Å². The number of rotatable bonds is 10. The molecule has 4 aromatic carbocycles. The largest absolute Gasteiger partial charge is 0.494 e. The molecule has 0 aliphatic heterocycles. The van der Waals surface area contributed by atoms with E-state index in [1.54, 1.807) is 54.6 Å². The molecule has 4 rings (SSSR count). The molecule has 5 nitrogen and oxygen atoms in total. The summed E-state index contributed by atoms with van der Waals surface area (Å²) in [5.41, 5.74) is 2.46. The fourth-order valence-corrected chi connectivity index (χ4v) is 4.43. The SMILES string of the molecule is CCOc1ccc(/C=C(\NC(=O)c2ccccc2)C(=O)Nc2ccc(SCc3ccccc3F)cc2)cc1. The molecule has 0 bridgehead atoms. The van der Waals surface area contributed by atoms with Gasteiger partial charge in [-0.15, -0.1) is 11.8 Å². The smallest absolute Gasteiger partial charge is 0.272 e. The highest BCUT2D eigenvalue weighted by Crippen LogP contribution is 2.25. The summed E-state index contributed by atoms with van der Waals surface area (Å²) < 4.78 is 19.4. The predicted molar refractivity (Wildman–Crippen MR) is 151 cm³/mol. The van der Waals surface area contributed by atoms with Crippen LogP contribution in [0.15, 0.2) is 114 Å². The van der Waals surface area contributed by atoms with Crippen molar-refractivity contribution >= 4 is 35.3 Å². The molecule has 192 valence electrons. The van der Waals surface area contributed by atoms with Gasteiger partial charge in [0, 0.05) is 21.9 Å². The van der Waals surface area contributed by atoms with E-state index < -0.39 is 11.8 Å². The van der Waals surface area contributed by atoms with Crippen LogP contribution in [0.2, 0.25) is 0 Å². The molecule has 0 aliphatic carbocycles. The zero-order valence-electron chi connectivity index (χ0n) is 20.8. The third-order valence-corrected chi connectivity index (χ3v) is 6.56. The summed E-state index contributed by atoms with van der Waals surface area (Å²) in [5.74, 6) is 0.136. The lowest BCUT2D eigenvalue weighted by Gasteiger charge is -2.12.